The van der Waals surface area contributed by atoms with E-state index < -0.39 is 18.3 Å². The van der Waals surface area contributed by atoms with Gasteiger partial charge in [0.1, 0.15) is 17.5 Å². The molecule has 34 heavy (non-hydrogen) atoms. The van der Waals surface area contributed by atoms with Gasteiger partial charge in [-0.1, -0.05) is 5.21 Å². The first-order valence-electron chi connectivity index (χ1n) is 11.0. The summed E-state index contributed by atoms with van der Waals surface area (Å²) in [5.74, 6) is 0.317. The number of ether oxygens (including phenoxy) is 1. The maximum atomic E-state index is 13.8. The van der Waals surface area contributed by atoms with Crippen molar-refractivity contribution in [3.05, 3.63) is 48.2 Å². The molecule has 1 fully saturated rings. The van der Waals surface area contributed by atoms with Crippen molar-refractivity contribution < 1.29 is 23.0 Å². The molecule has 0 spiro atoms. The Morgan fingerprint density at radius 3 is 2.65 bits per heavy atom. The number of pyridine rings is 1. The van der Waals surface area contributed by atoms with E-state index in [9.17, 15) is 18.3 Å². The van der Waals surface area contributed by atoms with Crippen LogP contribution in [0.3, 0.4) is 0 Å². The molecule has 3 N–H and O–H groups in total. The third kappa shape index (κ3) is 3.86. The summed E-state index contributed by atoms with van der Waals surface area (Å²) in [6.07, 6.45) is 2.35. The molecule has 0 radical (unpaired) electrons. The lowest BCUT2D eigenvalue weighted by Crippen LogP contribution is -2.52. The molecule has 4 heterocycles. The van der Waals surface area contributed by atoms with Crippen molar-refractivity contribution in [1.29, 1.82) is 0 Å². The zero-order chi connectivity index (χ0) is 23.9. The monoisotopic (exact) mass is 475 g/mol. The van der Waals surface area contributed by atoms with Crippen molar-refractivity contribution in [2.75, 3.05) is 13.7 Å². The first-order chi connectivity index (χ1) is 16.3. The Morgan fingerprint density at radius 1 is 1.18 bits per heavy atom. The SMILES string of the molecule is COc1ccc(C(O)(CNC2CCC(c3nnn4cnc5[nH]ccc5c34)CC2)C(F)(F)F)cn1. The first-order valence-corrected chi connectivity index (χ1v) is 11.0. The molecule has 0 aliphatic heterocycles. The van der Waals surface area contributed by atoms with Crippen LogP contribution in [0.4, 0.5) is 13.2 Å². The smallest absolute Gasteiger partial charge is 0.422 e. The summed E-state index contributed by atoms with van der Waals surface area (Å²) in [6.45, 7) is -0.662. The van der Waals surface area contributed by atoms with E-state index >= 15 is 0 Å². The van der Waals surface area contributed by atoms with Gasteiger partial charge in [-0.2, -0.15) is 13.2 Å². The van der Waals surface area contributed by atoms with Crippen LogP contribution < -0.4 is 10.1 Å². The van der Waals surface area contributed by atoms with Gasteiger partial charge in [0.05, 0.1) is 12.8 Å². The van der Waals surface area contributed by atoms with Gasteiger partial charge in [-0.3, -0.25) is 0 Å². The summed E-state index contributed by atoms with van der Waals surface area (Å²) in [6, 6.07) is 4.26. The maximum Gasteiger partial charge on any atom is 0.422 e. The van der Waals surface area contributed by atoms with Crippen LogP contribution in [0.1, 0.15) is 42.9 Å². The van der Waals surface area contributed by atoms with E-state index in [-0.39, 0.29) is 23.4 Å². The van der Waals surface area contributed by atoms with Crippen LogP contribution >= 0.6 is 0 Å². The predicted molar refractivity (Wildman–Crippen MR) is 116 cm³/mol. The zero-order valence-corrected chi connectivity index (χ0v) is 18.4. The number of methoxy groups -OCH3 is 1. The number of rotatable bonds is 6. The third-order valence-corrected chi connectivity index (χ3v) is 6.65. The molecule has 0 bridgehead atoms. The summed E-state index contributed by atoms with van der Waals surface area (Å²) in [7, 11) is 1.37. The number of hydrogen-bond donors (Lipinski definition) is 3. The second kappa shape index (κ2) is 8.51. The average Bonchev–Trinajstić information content (AvgIpc) is 3.49. The van der Waals surface area contributed by atoms with E-state index in [1.165, 1.54) is 19.2 Å². The Hall–Kier alpha value is -3.25. The van der Waals surface area contributed by atoms with Crippen molar-refractivity contribution in [2.24, 2.45) is 0 Å². The highest BCUT2D eigenvalue weighted by atomic mass is 19.4. The lowest BCUT2D eigenvalue weighted by Gasteiger charge is -2.34. The molecule has 0 aromatic carbocycles. The fraction of sp³-hybridized carbons (Fsp3) is 0.455. The highest BCUT2D eigenvalue weighted by molar-refractivity contribution is 5.92. The normalized spacial score (nSPS) is 21.1. The molecular formula is C22H24F3N7O2. The van der Waals surface area contributed by atoms with Crippen LogP contribution in [0.15, 0.2) is 36.9 Å². The van der Waals surface area contributed by atoms with Gasteiger partial charge < -0.3 is 20.1 Å². The van der Waals surface area contributed by atoms with Crippen molar-refractivity contribution in [1.82, 2.24) is 35.1 Å². The minimum atomic E-state index is -4.87. The summed E-state index contributed by atoms with van der Waals surface area (Å²) >= 11 is 0. The van der Waals surface area contributed by atoms with Gasteiger partial charge in [0.15, 0.2) is 5.60 Å². The molecule has 180 valence electrons. The van der Waals surface area contributed by atoms with Crippen LogP contribution in [0.2, 0.25) is 0 Å². The molecule has 5 rings (SSSR count). The second-order valence-corrected chi connectivity index (χ2v) is 8.63. The van der Waals surface area contributed by atoms with Gasteiger partial charge in [-0.25, -0.2) is 14.5 Å². The minimum Gasteiger partial charge on any atom is -0.481 e. The van der Waals surface area contributed by atoms with E-state index in [2.05, 4.69) is 30.6 Å². The maximum absolute atomic E-state index is 13.8. The van der Waals surface area contributed by atoms with Crippen molar-refractivity contribution in [2.45, 2.75) is 49.4 Å². The number of hydrogen-bond acceptors (Lipinski definition) is 7. The van der Waals surface area contributed by atoms with Crippen LogP contribution in [0, 0.1) is 0 Å². The molecular weight excluding hydrogens is 451 g/mol. The van der Waals surface area contributed by atoms with Gasteiger partial charge >= 0.3 is 6.18 Å². The molecule has 0 amide bonds. The number of nitrogens with one attached hydrogen (secondary N) is 2. The first kappa shape index (κ1) is 22.5. The van der Waals surface area contributed by atoms with Gasteiger partial charge in [0, 0.05) is 47.9 Å². The Morgan fingerprint density at radius 2 is 1.97 bits per heavy atom. The number of aliphatic hydroxyl groups is 1. The number of fused-ring (bicyclic) bond motifs is 3. The largest absolute Gasteiger partial charge is 0.481 e. The minimum absolute atomic E-state index is 0.142. The van der Waals surface area contributed by atoms with Crippen LogP contribution in [-0.2, 0) is 5.60 Å². The van der Waals surface area contributed by atoms with Crippen molar-refractivity contribution in [3.63, 3.8) is 0 Å². The molecule has 12 heteroatoms. The highest BCUT2D eigenvalue weighted by Gasteiger charge is 2.55. The fourth-order valence-corrected chi connectivity index (χ4v) is 4.67. The van der Waals surface area contributed by atoms with Gasteiger partial charge in [0.25, 0.3) is 0 Å². The van der Waals surface area contributed by atoms with E-state index in [0.717, 1.165) is 41.3 Å². The number of alkyl halides is 3. The van der Waals surface area contributed by atoms with Crippen LogP contribution in [-0.4, -0.2) is 60.8 Å². The Labute approximate surface area is 192 Å². The highest BCUT2D eigenvalue weighted by Crippen LogP contribution is 2.40. The average molecular weight is 475 g/mol. The van der Waals surface area contributed by atoms with E-state index in [4.69, 9.17) is 4.74 Å². The topological polar surface area (TPSA) is 113 Å². The molecule has 4 aromatic heterocycles. The standard InChI is InChI=1S/C22H24F3N7O2/c1-34-17-7-4-14(10-27-17)21(33,22(23,24)25)11-28-15-5-2-13(3-6-15)18-19-16-8-9-26-20(16)29-12-32(19)31-30-18/h4,7-10,12-13,15,26,28,33H,2-3,5-6,11H2,1H3. The molecule has 4 aromatic rings. The van der Waals surface area contributed by atoms with E-state index in [1.54, 1.807) is 10.8 Å². The summed E-state index contributed by atoms with van der Waals surface area (Å²) in [5.41, 5.74) is -0.852. The molecule has 1 aliphatic carbocycles. The van der Waals surface area contributed by atoms with Gasteiger partial charge in [-0.15, -0.1) is 5.10 Å². The van der Waals surface area contributed by atoms with Gasteiger partial charge in [0.2, 0.25) is 5.88 Å². The fourth-order valence-electron chi connectivity index (χ4n) is 4.67. The quantitative estimate of drug-likeness (QED) is 0.393. The third-order valence-electron chi connectivity index (χ3n) is 6.65. The van der Waals surface area contributed by atoms with Crippen molar-refractivity contribution in [3.8, 4) is 5.88 Å². The summed E-state index contributed by atoms with van der Waals surface area (Å²) in [5, 5.41) is 23.1. The summed E-state index contributed by atoms with van der Waals surface area (Å²) < 4.78 is 48.1. The molecule has 1 unspecified atom stereocenters. The Kier molecular flexibility index (Phi) is 5.64. The molecule has 1 atom stereocenters. The van der Waals surface area contributed by atoms with Crippen LogP contribution in [0.5, 0.6) is 5.88 Å². The number of H-pyrrole nitrogens is 1. The Bertz CT molecular complexity index is 1280. The number of aromatic nitrogens is 6. The van der Waals surface area contributed by atoms with E-state index in [1.807, 2.05) is 12.3 Å². The number of aromatic amines is 1. The number of halogens is 3. The van der Waals surface area contributed by atoms with E-state index in [0.29, 0.717) is 12.8 Å². The molecule has 1 aliphatic rings. The lowest BCUT2D eigenvalue weighted by molar-refractivity contribution is -0.265. The summed E-state index contributed by atoms with van der Waals surface area (Å²) in [4.78, 5) is 11.2. The zero-order valence-electron chi connectivity index (χ0n) is 18.4. The van der Waals surface area contributed by atoms with Crippen LogP contribution in [0.25, 0.3) is 16.6 Å². The molecule has 0 saturated heterocycles. The molecule has 9 nitrogen and oxygen atoms in total. The van der Waals surface area contributed by atoms with Gasteiger partial charge in [-0.05, 0) is 37.8 Å². The Balaban J connectivity index is 1.28. The second-order valence-electron chi connectivity index (χ2n) is 8.63. The lowest BCUT2D eigenvalue weighted by atomic mass is 9.83. The molecule has 1 saturated carbocycles. The number of nitrogens with zero attached hydrogens (tertiary/aromatic N) is 5. The predicted octanol–water partition coefficient (Wildman–Crippen LogP) is 3.08. The van der Waals surface area contributed by atoms with Crippen molar-refractivity contribution >= 4 is 16.6 Å².